The summed E-state index contributed by atoms with van der Waals surface area (Å²) in [6, 6.07) is 8.79. The number of carbonyl (C=O) groups is 1. The van der Waals surface area contributed by atoms with Crippen LogP contribution in [0.5, 0.6) is 11.5 Å². The van der Waals surface area contributed by atoms with Crippen LogP contribution < -0.4 is 14.8 Å². The van der Waals surface area contributed by atoms with Gasteiger partial charge in [0.05, 0.1) is 12.6 Å². The number of anilines is 1. The Morgan fingerprint density at radius 1 is 1.24 bits per heavy atom. The second-order valence-corrected chi connectivity index (χ2v) is 9.67. The molecule has 2 atom stereocenters. The molecule has 0 aliphatic carbocycles. The van der Waals surface area contributed by atoms with Crippen molar-refractivity contribution in [3.63, 3.8) is 0 Å². The lowest BCUT2D eigenvalue weighted by Crippen LogP contribution is -2.53. The molecule has 1 aliphatic rings. The van der Waals surface area contributed by atoms with Crippen LogP contribution in [0, 0.1) is 6.92 Å². The number of benzene rings is 2. The summed E-state index contributed by atoms with van der Waals surface area (Å²) >= 11 is 0. The second-order valence-electron chi connectivity index (χ2n) is 9.67. The predicted molar refractivity (Wildman–Crippen MR) is 140 cm³/mol. The van der Waals surface area contributed by atoms with Crippen molar-refractivity contribution < 1.29 is 28.2 Å². The van der Waals surface area contributed by atoms with Gasteiger partial charge in [-0.25, -0.2) is 14.8 Å². The molecule has 1 aliphatic heterocycles. The van der Waals surface area contributed by atoms with E-state index < -0.39 is 24.7 Å². The van der Waals surface area contributed by atoms with Crippen LogP contribution in [-0.2, 0) is 5.92 Å². The van der Waals surface area contributed by atoms with Crippen LogP contribution in [0.1, 0.15) is 36.8 Å². The molecule has 38 heavy (non-hydrogen) atoms. The molecule has 2 aromatic carbocycles. The molecule has 4 rings (SSSR count). The quantitative estimate of drug-likeness (QED) is 0.466. The third-order valence-electron chi connectivity index (χ3n) is 6.72. The number of carbonyl (C=O) groups excluding carboxylic acids is 1. The number of aryl methyl sites for hydroxylation is 1. The van der Waals surface area contributed by atoms with Gasteiger partial charge in [-0.3, -0.25) is 0 Å². The molecule has 9 nitrogen and oxygen atoms in total. The first kappa shape index (κ1) is 27.5. The first-order valence-electron chi connectivity index (χ1n) is 12.4. The molecule has 2 heterocycles. The largest absolute Gasteiger partial charge is 0.493 e. The van der Waals surface area contributed by atoms with Crippen molar-refractivity contribution in [3.8, 4) is 11.5 Å². The average Bonchev–Trinajstić information content (AvgIpc) is 2.88. The molecule has 2 N–H and O–H groups in total. The fourth-order valence-electron chi connectivity index (χ4n) is 4.58. The highest BCUT2D eigenvalue weighted by molar-refractivity contribution is 5.92. The molecule has 3 aromatic rings. The number of ether oxygens (including phenoxy) is 2. The number of rotatable bonds is 7. The maximum atomic E-state index is 14.1. The van der Waals surface area contributed by atoms with Gasteiger partial charge in [0.15, 0.2) is 11.5 Å². The highest BCUT2D eigenvalue weighted by Gasteiger charge is 2.31. The molecule has 1 fully saturated rings. The van der Waals surface area contributed by atoms with E-state index in [1.807, 2.05) is 20.9 Å². The summed E-state index contributed by atoms with van der Waals surface area (Å²) in [6.45, 7) is 6.30. The zero-order valence-corrected chi connectivity index (χ0v) is 22.2. The molecule has 1 unspecified atom stereocenters. The van der Waals surface area contributed by atoms with Crippen LogP contribution in [-0.4, -0.2) is 77.4 Å². The molecule has 0 saturated carbocycles. The molecular weight excluding hydrogens is 496 g/mol. The zero-order valence-electron chi connectivity index (χ0n) is 22.2. The number of amides is 1. The van der Waals surface area contributed by atoms with Gasteiger partial charge in [-0.2, -0.15) is 8.78 Å². The highest BCUT2D eigenvalue weighted by atomic mass is 19.3. The molecule has 1 aromatic heterocycles. The van der Waals surface area contributed by atoms with E-state index in [0.717, 1.165) is 13.1 Å². The van der Waals surface area contributed by atoms with Crippen molar-refractivity contribution >= 4 is 22.8 Å². The van der Waals surface area contributed by atoms with Crippen molar-refractivity contribution in [1.82, 2.24) is 19.8 Å². The van der Waals surface area contributed by atoms with E-state index in [1.165, 1.54) is 25.3 Å². The lowest BCUT2D eigenvalue weighted by molar-refractivity contribution is -0.0556. The molecule has 0 radical (unpaired) electrons. The van der Waals surface area contributed by atoms with Crippen molar-refractivity contribution in [3.05, 3.63) is 53.3 Å². The number of hydrogen-bond acceptors (Lipinski definition) is 8. The van der Waals surface area contributed by atoms with E-state index in [-0.39, 0.29) is 17.4 Å². The number of aliphatic hydroxyl groups excluding tert-OH is 1. The Kier molecular flexibility index (Phi) is 7.98. The van der Waals surface area contributed by atoms with Crippen LogP contribution in [0.4, 0.5) is 19.4 Å². The number of nitrogens with zero attached hydrogens (tertiary/aromatic N) is 4. The summed E-state index contributed by atoms with van der Waals surface area (Å²) in [4.78, 5) is 25.9. The van der Waals surface area contributed by atoms with Gasteiger partial charge >= 0.3 is 6.09 Å². The number of methoxy groups -OCH3 is 1. The number of alkyl halides is 2. The van der Waals surface area contributed by atoms with E-state index in [4.69, 9.17) is 14.6 Å². The van der Waals surface area contributed by atoms with Gasteiger partial charge in [0.2, 0.25) is 0 Å². The molecule has 1 saturated heterocycles. The van der Waals surface area contributed by atoms with Gasteiger partial charge in [0.25, 0.3) is 5.92 Å². The summed E-state index contributed by atoms with van der Waals surface area (Å²) in [5, 5.41) is 12.9. The van der Waals surface area contributed by atoms with Crippen molar-refractivity contribution in [1.29, 1.82) is 0 Å². The number of halogens is 2. The van der Waals surface area contributed by atoms with Gasteiger partial charge < -0.3 is 29.7 Å². The van der Waals surface area contributed by atoms with E-state index in [9.17, 15) is 13.6 Å². The Hall–Kier alpha value is -3.57. The van der Waals surface area contributed by atoms with Gasteiger partial charge in [-0.15, -0.1) is 0 Å². The molecule has 0 bridgehead atoms. The zero-order chi connectivity index (χ0) is 27.6. The Morgan fingerprint density at radius 2 is 2.00 bits per heavy atom. The Morgan fingerprint density at radius 3 is 2.68 bits per heavy atom. The Balaban J connectivity index is 1.66. The van der Waals surface area contributed by atoms with Crippen LogP contribution in [0.25, 0.3) is 10.9 Å². The van der Waals surface area contributed by atoms with Crippen molar-refractivity contribution in [2.45, 2.75) is 38.8 Å². The number of aliphatic hydroxyl groups is 1. The van der Waals surface area contributed by atoms with Gasteiger partial charge in [0.1, 0.15) is 18.2 Å². The number of likely N-dealkylation sites (N-methyl/N-ethyl adjacent to an activating group) is 1. The van der Waals surface area contributed by atoms with Crippen LogP contribution in [0.3, 0.4) is 0 Å². The van der Waals surface area contributed by atoms with Gasteiger partial charge in [0, 0.05) is 48.7 Å². The number of piperazine rings is 1. The molecule has 11 heteroatoms. The summed E-state index contributed by atoms with van der Waals surface area (Å²) in [5.41, 5.74) is 0.883. The standard InChI is InChI=1S/C27H33F2N5O4/c1-16-14-33(4)9-10-34(16)26(36)38-24-12-21-22(13-23(24)37-5)31-18(3)32-25(21)30-17(2)19-7-6-8-20(11-19)27(28,29)15-35/h6-8,11-13,16-17,35H,9-10,14-15H2,1-5H3,(H,30,31,32)/t16?,17-/m1/s1. The molecular formula is C27H33F2N5O4. The van der Waals surface area contributed by atoms with Gasteiger partial charge in [-0.05, 0) is 45.5 Å². The summed E-state index contributed by atoms with van der Waals surface area (Å²) < 4.78 is 39.4. The Labute approximate surface area is 220 Å². The normalized spacial score (nSPS) is 17.4. The maximum absolute atomic E-state index is 14.1. The first-order valence-corrected chi connectivity index (χ1v) is 12.4. The summed E-state index contributed by atoms with van der Waals surface area (Å²) in [6.07, 6.45) is -0.471. The summed E-state index contributed by atoms with van der Waals surface area (Å²) in [7, 11) is 3.50. The van der Waals surface area contributed by atoms with E-state index in [1.54, 1.807) is 30.0 Å². The number of hydrogen-bond donors (Lipinski definition) is 2. The molecule has 0 spiro atoms. The predicted octanol–water partition coefficient (Wildman–Crippen LogP) is 4.34. The van der Waals surface area contributed by atoms with Crippen LogP contribution in [0.2, 0.25) is 0 Å². The van der Waals surface area contributed by atoms with E-state index >= 15 is 0 Å². The summed E-state index contributed by atoms with van der Waals surface area (Å²) in [5.74, 6) is -1.82. The van der Waals surface area contributed by atoms with Crippen LogP contribution in [0.15, 0.2) is 36.4 Å². The minimum absolute atomic E-state index is 0.00858. The first-order chi connectivity index (χ1) is 18.0. The third-order valence-corrected chi connectivity index (χ3v) is 6.72. The fourth-order valence-corrected chi connectivity index (χ4v) is 4.58. The SMILES string of the molecule is COc1cc2nc(C)nc(N[C@H](C)c3cccc(C(F)(F)CO)c3)c2cc1OC(=O)N1CCN(C)CC1C. The molecule has 1 amide bonds. The monoisotopic (exact) mass is 529 g/mol. The molecule has 204 valence electrons. The topological polar surface area (TPSA) is 100 Å². The maximum Gasteiger partial charge on any atom is 0.415 e. The fraction of sp³-hybridized carbons (Fsp3) is 0.444. The van der Waals surface area contributed by atoms with Crippen molar-refractivity contribution in [2.75, 3.05) is 45.7 Å². The third kappa shape index (κ3) is 5.78. The second kappa shape index (κ2) is 11.0. The lowest BCUT2D eigenvalue weighted by atomic mass is 10.0. The smallest absolute Gasteiger partial charge is 0.415 e. The van der Waals surface area contributed by atoms with Crippen molar-refractivity contribution in [2.24, 2.45) is 0 Å². The highest BCUT2D eigenvalue weighted by Crippen LogP contribution is 2.36. The lowest BCUT2D eigenvalue weighted by Gasteiger charge is -2.37. The van der Waals surface area contributed by atoms with Crippen LogP contribution >= 0.6 is 0 Å². The van der Waals surface area contributed by atoms with E-state index in [2.05, 4.69) is 20.2 Å². The Bertz CT molecular complexity index is 1320. The minimum atomic E-state index is -3.34. The minimum Gasteiger partial charge on any atom is -0.493 e. The number of aromatic nitrogens is 2. The average molecular weight is 530 g/mol. The van der Waals surface area contributed by atoms with Gasteiger partial charge in [-0.1, -0.05) is 18.2 Å². The van der Waals surface area contributed by atoms with E-state index in [0.29, 0.717) is 40.4 Å². The number of fused-ring (bicyclic) bond motifs is 1. The number of nitrogens with one attached hydrogen (secondary N) is 1.